The van der Waals surface area contributed by atoms with Crippen LogP contribution < -0.4 is 5.32 Å². The van der Waals surface area contributed by atoms with E-state index < -0.39 is 20.0 Å². The summed E-state index contributed by atoms with van der Waals surface area (Å²) in [5, 5.41) is 13.8. The van der Waals surface area contributed by atoms with Gasteiger partial charge in [-0.05, 0) is 44.9 Å². The van der Waals surface area contributed by atoms with E-state index in [1.807, 2.05) is 27.2 Å². The second-order valence-corrected chi connectivity index (χ2v) is 18.9. The quantitative estimate of drug-likeness (QED) is 0.0245. The largest absolute Gasteiger partial charge is 0.472 e. The lowest BCUT2D eigenvalue weighted by molar-refractivity contribution is -0.870. The molecule has 0 aliphatic heterocycles. The highest BCUT2D eigenvalue weighted by Crippen LogP contribution is 2.43. The van der Waals surface area contributed by atoms with Crippen LogP contribution in [0.25, 0.3) is 0 Å². The summed E-state index contributed by atoms with van der Waals surface area (Å²) in [4.78, 5) is 23.1. The van der Waals surface area contributed by atoms with Crippen LogP contribution in [-0.2, 0) is 18.4 Å². The minimum atomic E-state index is -4.34. The molecule has 3 N–H and O–H groups in total. The summed E-state index contributed by atoms with van der Waals surface area (Å²) >= 11 is 0. The summed E-state index contributed by atoms with van der Waals surface area (Å²) < 4.78 is 23.6. The van der Waals surface area contributed by atoms with Crippen LogP contribution in [-0.4, -0.2) is 73.4 Å². The predicted octanol–water partition coefficient (Wildman–Crippen LogP) is 13.3. The van der Waals surface area contributed by atoms with Crippen LogP contribution in [0.4, 0.5) is 0 Å². The molecular weight excluding hydrogens is 719 g/mol. The van der Waals surface area contributed by atoms with Crippen molar-refractivity contribution in [1.82, 2.24) is 5.32 Å². The van der Waals surface area contributed by atoms with Crippen LogP contribution in [0.5, 0.6) is 0 Å². The molecule has 1 unspecified atom stereocenters. The number of carbonyl (C=O) groups excluding carboxylic acids is 1. The number of amides is 1. The molecular formula is C47H94N2O6P+. The van der Waals surface area contributed by atoms with E-state index in [0.29, 0.717) is 17.4 Å². The Hall–Kier alpha value is -1.02. The fourth-order valence-electron chi connectivity index (χ4n) is 6.86. The van der Waals surface area contributed by atoms with Crippen molar-refractivity contribution in [2.24, 2.45) is 0 Å². The molecule has 0 aromatic rings. The number of phosphoric acid groups is 1. The average molecular weight is 814 g/mol. The second-order valence-electron chi connectivity index (χ2n) is 17.5. The van der Waals surface area contributed by atoms with Crippen LogP contribution in [0.15, 0.2) is 24.3 Å². The van der Waals surface area contributed by atoms with E-state index in [-0.39, 0.29) is 19.1 Å². The van der Waals surface area contributed by atoms with Gasteiger partial charge in [-0.2, -0.15) is 0 Å². The zero-order valence-corrected chi connectivity index (χ0v) is 38.5. The minimum absolute atomic E-state index is 0.0624. The van der Waals surface area contributed by atoms with Crippen molar-refractivity contribution in [3.8, 4) is 0 Å². The van der Waals surface area contributed by atoms with Crippen molar-refractivity contribution in [2.75, 3.05) is 40.9 Å². The van der Waals surface area contributed by atoms with Crippen molar-refractivity contribution in [3.63, 3.8) is 0 Å². The second kappa shape index (κ2) is 39.4. The van der Waals surface area contributed by atoms with E-state index in [1.54, 1.807) is 6.08 Å². The van der Waals surface area contributed by atoms with Gasteiger partial charge < -0.3 is 19.8 Å². The number of nitrogens with one attached hydrogen (secondary N) is 1. The zero-order valence-electron chi connectivity index (χ0n) is 37.6. The number of rotatable bonds is 43. The number of nitrogens with zero attached hydrogens (tertiary/aromatic N) is 1. The van der Waals surface area contributed by atoms with Gasteiger partial charge in [0.15, 0.2) is 0 Å². The molecule has 0 aromatic carbocycles. The van der Waals surface area contributed by atoms with Crippen molar-refractivity contribution in [2.45, 2.75) is 231 Å². The van der Waals surface area contributed by atoms with Gasteiger partial charge in [-0.3, -0.25) is 13.8 Å². The monoisotopic (exact) mass is 814 g/mol. The Bertz CT molecular complexity index is 969. The number of aliphatic hydroxyl groups excluding tert-OH is 1. The SMILES string of the molecule is CCCCCCCC/C=C/CCCCCCCCCCCC(=O)N[C@@H](COP(=O)(O)OCC[N+](C)(C)C)[C@H](O)/C=C/CCCCCCCCCCCCCCC. The number of likely N-dealkylation sites (N-methyl/N-ethyl adjacent to an activating group) is 1. The molecule has 0 spiro atoms. The first kappa shape index (κ1) is 55.0. The Morgan fingerprint density at radius 3 is 1.38 bits per heavy atom. The molecule has 0 saturated heterocycles. The Labute approximate surface area is 347 Å². The number of hydrogen-bond donors (Lipinski definition) is 3. The molecule has 0 heterocycles. The molecule has 56 heavy (non-hydrogen) atoms. The fourth-order valence-corrected chi connectivity index (χ4v) is 7.60. The Morgan fingerprint density at radius 1 is 0.589 bits per heavy atom. The Morgan fingerprint density at radius 2 is 0.964 bits per heavy atom. The lowest BCUT2D eigenvalue weighted by Gasteiger charge is -2.25. The van der Waals surface area contributed by atoms with Gasteiger partial charge in [-0.1, -0.05) is 192 Å². The van der Waals surface area contributed by atoms with Gasteiger partial charge in [0.2, 0.25) is 5.91 Å². The molecule has 0 rings (SSSR count). The Balaban J connectivity index is 4.36. The Kier molecular flexibility index (Phi) is 38.7. The number of allylic oxidation sites excluding steroid dienone is 3. The summed E-state index contributed by atoms with van der Waals surface area (Å²) in [6, 6.07) is -0.844. The molecule has 3 atom stereocenters. The molecule has 0 radical (unpaired) electrons. The summed E-state index contributed by atoms with van der Waals surface area (Å²) in [6.07, 6.45) is 46.7. The summed E-state index contributed by atoms with van der Waals surface area (Å²) in [6.45, 7) is 4.82. The number of aliphatic hydroxyl groups is 1. The molecule has 0 aliphatic carbocycles. The van der Waals surface area contributed by atoms with Crippen LogP contribution in [0.2, 0.25) is 0 Å². The van der Waals surface area contributed by atoms with Gasteiger partial charge >= 0.3 is 7.82 Å². The molecule has 1 amide bonds. The van der Waals surface area contributed by atoms with Crippen LogP contribution >= 0.6 is 7.82 Å². The van der Waals surface area contributed by atoms with Crippen LogP contribution in [0, 0.1) is 0 Å². The molecule has 332 valence electrons. The minimum Gasteiger partial charge on any atom is -0.387 e. The number of unbranched alkanes of at least 4 members (excludes halogenated alkanes) is 28. The summed E-state index contributed by atoms with van der Waals surface area (Å²) in [5.74, 6) is -0.178. The molecule has 0 bridgehead atoms. The van der Waals surface area contributed by atoms with Crippen molar-refractivity contribution in [3.05, 3.63) is 24.3 Å². The number of carbonyl (C=O) groups is 1. The third-order valence-corrected chi connectivity index (χ3v) is 11.6. The number of quaternary nitrogens is 1. The third kappa shape index (κ3) is 41.2. The standard InChI is InChI=1S/C47H93N2O6P/c1-6-8-10-12-14-16-18-20-22-23-24-25-27-29-31-33-35-37-39-41-47(51)48-45(44-55-56(52,53)54-43-42-49(3,4)5)46(50)40-38-36-34-32-30-28-26-21-19-17-15-13-11-9-7-2/h20,22,38,40,45-46,50H,6-19,21,23-37,39,41-44H2,1-5H3,(H-,48,51,52,53)/p+1/b22-20+,40-38+/t45-,46+/m0/s1. The number of phosphoric ester groups is 1. The summed E-state index contributed by atoms with van der Waals surface area (Å²) in [5.41, 5.74) is 0. The molecule has 0 saturated carbocycles. The molecule has 9 heteroatoms. The smallest absolute Gasteiger partial charge is 0.387 e. The lowest BCUT2D eigenvalue weighted by atomic mass is 10.0. The highest BCUT2D eigenvalue weighted by molar-refractivity contribution is 7.47. The highest BCUT2D eigenvalue weighted by atomic mass is 31.2. The van der Waals surface area contributed by atoms with E-state index in [2.05, 4.69) is 31.3 Å². The number of hydrogen-bond acceptors (Lipinski definition) is 5. The third-order valence-electron chi connectivity index (χ3n) is 10.7. The normalized spacial score (nSPS) is 14.5. The van der Waals surface area contributed by atoms with Crippen LogP contribution in [0.1, 0.15) is 219 Å². The van der Waals surface area contributed by atoms with Crippen molar-refractivity contribution >= 4 is 13.7 Å². The van der Waals surface area contributed by atoms with E-state index >= 15 is 0 Å². The maximum absolute atomic E-state index is 12.9. The topological polar surface area (TPSA) is 105 Å². The molecule has 0 aliphatic rings. The van der Waals surface area contributed by atoms with E-state index in [9.17, 15) is 19.4 Å². The molecule has 8 nitrogen and oxygen atoms in total. The van der Waals surface area contributed by atoms with Crippen molar-refractivity contribution in [1.29, 1.82) is 0 Å². The van der Waals surface area contributed by atoms with Crippen molar-refractivity contribution < 1.29 is 32.9 Å². The zero-order chi connectivity index (χ0) is 41.4. The lowest BCUT2D eigenvalue weighted by Crippen LogP contribution is -2.45. The summed E-state index contributed by atoms with van der Waals surface area (Å²) in [7, 11) is 1.58. The fraction of sp³-hybridized carbons (Fsp3) is 0.894. The van der Waals surface area contributed by atoms with E-state index in [4.69, 9.17) is 9.05 Å². The van der Waals surface area contributed by atoms with Gasteiger partial charge in [-0.25, -0.2) is 4.57 Å². The van der Waals surface area contributed by atoms with Gasteiger partial charge in [-0.15, -0.1) is 0 Å². The van der Waals surface area contributed by atoms with Gasteiger partial charge in [0.05, 0.1) is 39.9 Å². The molecule has 0 aromatic heterocycles. The van der Waals surface area contributed by atoms with Gasteiger partial charge in [0, 0.05) is 6.42 Å². The van der Waals surface area contributed by atoms with E-state index in [0.717, 1.165) is 38.5 Å². The first-order valence-corrected chi connectivity index (χ1v) is 25.2. The van der Waals surface area contributed by atoms with Gasteiger partial charge in [0.25, 0.3) is 0 Å². The first-order chi connectivity index (χ1) is 27.0. The first-order valence-electron chi connectivity index (χ1n) is 23.7. The van der Waals surface area contributed by atoms with E-state index in [1.165, 1.54) is 161 Å². The van der Waals surface area contributed by atoms with Crippen LogP contribution in [0.3, 0.4) is 0 Å². The van der Waals surface area contributed by atoms with Gasteiger partial charge in [0.1, 0.15) is 13.2 Å². The predicted molar refractivity (Wildman–Crippen MR) is 240 cm³/mol. The maximum Gasteiger partial charge on any atom is 0.472 e. The maximum atomic E-state index is 12.9. The highest BCUT2D eigenvalue weighted by Gasteiger charge is 2.27. The average Bonchev–Trinajstić information content (AvgIpc) is 3.15. The molecule has 0 fully saturated rings.